The van der Waals surface area contributed by atoms with Crippen molar-refractivity contribution in [2.75, 3.05) is 19.6 Å². The predicted octanol–water partition coefficient (Wildman–Crippen LogP) is 2.79. The van der Waals surface area contributed by atoms with Crippen molar-refractivity contribution in [3.63, 3.8) is 0 Å². The van der Waals surface area contributed by atoms with Crippen LogP contribution in [-0.4, -0.2) is 31.5 Å². The highest BCUT2D eigenvalue weighted by molar-refractivity contribution is 5.94. The van der Waals surface area contributed by atoms with Gasteiger partial charge in [0.2, 0.25) is 0 Å². The Kier molecular flexibility index (Phi) is 7.68. The summed E-state index contributed by atoms with van der Waals surface area (Å²) in [5.41, 5.74) is 4.20. The average Bonchev–Trinajstić information content (AvgIpc) is 2.64. The van der Waals surface area contributed by atoms with E-state index in [4.69, 9.17) is 0 Å². The third kappa shape index (κ3) is 6.24. The van der Waals surface area contributed by atoms with E-state index in [1.807, 2.05) is 50.2 Å². The third-order valence-electron chi connectivity index (χ3n) is 4.00. The molecule has 26 heavy (non-hydrogen) atoms. The van der Waals surface area contributed by atoms with Gasteiger partial charge in [-0.15, -0.1) is 0 Å². The van der Waals surface area contributed by atoms with E-state index in [1.165, 1.54) is 11.1 Å². The lowest BCUT2D eigenvalue weighted by molar-refractivity contribution is 0.0954. The summed E-state index contributed by atoms with van der Waals surface area (Å²) in [7, 11) is 0. The van der Waals surface area contributed by atoms with Crippen molar-refractivity contribution in [3.05, 3.63) is 70.8 Å². The van der Waals surface area contributed by atoms with Gasteiger partial charge in [-0.05, 0) is 44.0 Å². The summed E-state index contributed by atoms with van der Waals surface area (Å²) in [5, 5.41) is 9.40. The summed E-state index contributed by atoms with van der Waals surface area (Å²) < 4.78 is 0. The molecule has 0 unspecified atom stereocenters. The molecule has 0 bridgehead atoms. The fraction of sp³-hybridized carbons (Fsp3) is 0.333. The maximum absolute atomic E-state index is 12.1. The van der Waals surface area contributed by atoms with Crippen molar-refractivity contribution in [2.24, 2.45) is 4.99 Å². The molecule has 0 aliphatic heterocycles. The van der Waals surface area contributed by atoms with Crippen LogP contribution in [0, 0.1) is 13.8 Å². The van der Waals surface area contributed by atoms with Gasteiger partial charge in [0.25, 0.3) is 5.91 Å². The van der Waals surface area contributed by atoms with Gasteiger partial charge in [0, 0.05) is 25.2 Å². The van der Waals surface area contributed by atoms with Crippen molar-refractivity contribution >= 4 is 11.9 Å². The zero-order valence-electron chi connectivity index (χ0n) is 15.8. The lowest BCUT2D eigenvalue weighted by Gasteiger charge is -2.12. The summed E-state index contributed by atoms with van der Waals surface area (Å²) in [4.78, 5) is 16.7. The second kappa shape index (κ2) is 10.2. The zero-order chi connectivity index (χ0) is 18.8. The quantitative estimate of drug-likeness (QED) is 0.408. The van der Waals surface area contributed by atoms with Gasteiger partial charge in [0.05, 0.1) is 6.54 Å². The number of benzene rings is 2. The van der Waals surface area contributed by atoms with Crippen LogP contribution in [0.5, 0.6) is 0 Å². The second-order valence-corrected chi connectivity index (χ2v) is 6.17. The molecule has 2 aromatic carbocycles. The van der Waals surface area contributed by atoms with Crippen LogP contribution in [0.3, 0.4) is 0 Å². The van der Waals surface area contributed by atoms with Crippen LogP contribution in [0.4, 0.5) is 0 Å². The van der Waals surface area contributed by atoms with E-state index < -0.39 is 0 Å². The molecule has 0 radical (unpaired) electrons. The van der Waals surface area contributed by atoms with Crippen LogP contribution >= 0.6 is 0 Å². The van der Waals surface area contributed by atoms with Crippen LogP contribution in [0.2, 0.25) is 0 Å². The van der Waals surface area contributed by atoms with Crippen molar-refractivity contribution < 1.29 is 4.79 Å². The molecule has 0 saturated carbocycles. The SMILES string of the molecule is CCNC(=NCc1ccccc1C)NCCNC(=O)c1cccc(C)c1. The Balaban J connectivity index is 1.82. The molecule has 0 heterocycles. The highest BCUT2D eigenvalue weighted by atomic mass is 16.1. The number of carbonyl (C=O) groups excluding carboxylic acids is 1. The lowest BCUT2D eigenvalue weighted by Crippen LogP contribution is -2.41. The molecule has 0 spiro atoms. The van der Waals surface area contributed by atoms with Gasteiger partial charge < -0.3 is 16.0 Å². The van der Waals surface area contributed by atoms with E-state index >= 15 is 0 Å². The predicted molar refractivity (Wildman–Crippen MR) is 108 cm³/mol. The number of aliphatic imine (C=N–C) groups is 1. The molecule has 2 rings (SSSR count). The monoisotopic (exact) mass is 352 g/mol. The minimum atomic E-state index is -0.0580. The Hall–Kier alpha value is -2.82. The number of aryl methyl sites for hydroxylation is 2. The van der Waals surface area contributed by atoms with Crippen LogP contribution in [0.1, 0.15) is 34.0 Å². The highest BCUT2D eigenvalue weighted by Gasteiger charge is 2.05. The topological polar surface area (TPSA) is 65.5 Å². The number of rotatable bonds is 7. The van der Waals surface area contributed by atoms with Gasteiger partial charge in [0.15, 0.2) is 5.96 Å². The molecule has 138 valence electrons. The Morgan fingerprint density at radius 1 is 0.962 bits per heavy atom. The van der Waals surface area contributed by atoms with Gasteiger partial charge in [-0.1, -0.05) is 42.0 Å². The first-order valence-corrected chi connectivity index (χ1v) is 9.01. The van der Waals surface area contributed by atoms with Gasteiger partial charge in [-0.3, -0.25) is 4.79 Å². The average molecular weight is 352 g/mol. The summed E-state index contributed by atoms with van der Waals surface area (Å²) in [5.74, 6) is 0.693. The summed E-state index contributed by atoms with van der Waals surface area (Å²) in [6.07, 6.45) is 0. The molecule has 5 heteroatoms. The minimum absolute atomic E-state index is 0.0580. The molecule has 0 aliphatic rings. The van der Waals surface area contributed by atoms with Crippen LogP contribution < -0.4 is 16.0 Å². The number of amides is 1. The summed E-state index contributed by atoms with van der Waals surface area (Å²) in [6, 6.07) is 15.8. The minimum Gasteiger partial charge on any atom is -0.357 e. The molecule has 0 atom stereocenters. The molecule has 2 aromatic rings. The zero-order valence-corrected chi connectivity index (χ0v) is 15.8. The van der Waals surface area contributed by atoms with E-state index in [-0.39, 0.29) is 5.91 Å². The number of hydrogen-bond donors (Lipinski definition) is 3. The van der Waals surface area contributed by atoms with Gasteiger partial charge >= 0.3 is 0 Å². The van der Waals surface area contributed by atoms with Crippen LogP contribution in [-0.2, 0) is 6.54 Å². The van der Waals surface area contributed by atoms with Gasteiger partial charge in [-0.25, -0.2) is 4.99 Å². The molecule has 0 fully saturated rings. The highest BCUT2D eigenvalue weighted by Crippen LogP contribution is 2.07. The summed E-state index contributed by atoms with van der Waals surface area (Å²) >= 11 is 0. The standard InChI is InChI=1S/C21H28N4O/c1-4-22-21(25-15-19-10-6-5-9-17(19)3)24-13-12-23-20(26)18-11-7-8-16(2)14-18/h5-11,14H,4,12-13,15H2,1-3H3,(H,23,26)(H2,22,24,25). The van der Waals surface area contributed by atoms with Crippen molar-refractivity contribution in [1.82, 2.24) is 16.0 Å². The number of hydrogen-bond acceptors (Lipinski definition) is 2. The molecule has 0 aromatic heterocycles. The van der Waals surface area contributed by atoms with Crippen molar-refractivity contribution in [2.45, 2.75) is 27.3 Å². The second-order valence-electron chi connectivity index (χ2n) is 6.17. The fourth-order valence-corrected chi connectivity index (χ4v) is 2.54. The first-order valence-electron chi connectivity index (χ1n) is 9.01. The van der Waals surface area contributed by atoms with Gasteiger partial charge in [-0.2, -0.15) is 0 Å². The largest absolute Gasteiger partial charge is 0.357 e. The molecule has 1 amide bonds. The number of carbonyl (C=O) groups is 1. The molecule has 3 N–H and O–H groups in total. The first kappa shape index (κ1) is 19.5. The smallest absolute Gasteiger partial charge is 0.251 e. The summed E-state index contributed by atoms with van der Waals surface area (Å²) in [6.45, 7) is 8.65. The molecule has 0 aliphatic carbocycles. The van der Waals surface area contributed by atoms with Crippen LogP contribution in [0.15, 0.2) is 53.5 Å². The van der Waals surface area contributed by atoms with Crippen LogP contribution in [0.25, 0.3) is 0 Å². The fourth-order valence-electron chi connectivity index (χ4n) is 2.54. The maximum atomic E-state index is 12.1. The van der Waals surface area contributed by atoms with Gasteiger partial charge in [0.1, 0.15) is 0 Å². The number of nitrogens with one attached hydrogen (secondary N) is 3. The Morgan fingerprint density at radius 2 is 1.73 bits per heavy atom. The maximum Gasteiger partial charge on any atom is 0.251 e. The van der Waals surface area contributed by atoms with E-state index in [0.29, 0.717) is 25.2 Å². The molecular weight excluding hydrogens is 324 g/mol. The van der Waals surface area contributed by atoms with E-state index in [1.54, 1.807) is 0 Å². The third-order valence-corrected chi connectivity index (χ3v) is 4.00. The normalized spacial score (nSPS) is 11.1. The first-order chi connectivity index (χ1) is 12.6. The number of nitrogens with zero attached hydrogens (tertiary/aromatic N) is 1. The van der Waals surface area contributed by atoms with Crippen molar-refractivity contribution in [1.29, 1.82) is 0 Å². The Bertz CT molecular complexity index is 755. The lowest BCUT2D eigenvalue weighted by atomic mass is 10.1. The Labute approximate surface area is 155 Å². The Morgan fingerprint density at radius 3 is 2.46 bits per heavy atom. The molecular formula is C21H28N4O. The molecule has 0 saturated heterocycles. The van der Waals surface area contributed by atoms with E-state index in [0.717, 1.165) is 18.1 Å². The number of guanidine groups is 1. The molecule has 5 nitrogen and oxygen atoms in total. The van der Waals surface area contributed by atoms with E-state index in [9.17, 15) is 4.79 Å². The van der Waals surface area contributed by atoms with E-state index in [2.05, 4.69) is 40.0 Å². The van der Waals surface area contributed by atoms with Crippen molar-refractivity contribution in [3.8, 4) is 0 Å².